The molecule has 0 saturated heterocycles. The van der Waals surface area contributed by atoms with Crippen molar-refractivity contribution in [3.63, 3.8) is 0 Å². The number of nitrogens with one attached hydrogen (secondary N) is 1. The molecule has 2 aromatic rings. The molecule has 1 aromatic heterocycles. The fourth-order valence-electron chi connectivity index (χ4n) is 1.69. The van der Waals surface area contributed by atoms with Crippen LogP contribution in [0.25, 0.3) is 0 Å². The second-order valence-electron chi connectivity index (χ2n) is 4.29. The van der Waals surface area contributed by atoms with E-state index in [4.69, 9.17) is 17.3 Å². The molecule has 1 heterocycles. The van der Waals surface area contributed by atoms with Gasteiger partial charge in [0.1, 0.15) is 5.15 Å². The molecule has 0 spiro atoms. The van der Waals surface area contributed by atoms with E-state index in [9.17, 15) is 8.42 Å². The van der Waals surface area contributed by atoms with E-state index in [1.54, 1.807) is 26.0 Å². The van der Waals surface area contributed by atoms with Crippen LogP contribution in [0.5, 0.6) is 0 Å². The van der Waals surface area contributed by atoms with E-state index in [-0.39, 0.29) is 16.0 Å². The highest BCUT2D eigenvalue weighted by atomic mass is 35.5. The molecule has 0 unspecified atom stereocenters. The SMILES string of the molecule is Cc1cc(N)c(C)c(S(=O)(=O)Nc2nccc(Cl)n2)c1. The van der Waals surface area contributed by atoms with Crippen LogP contribution < -0.4 is 10.5 Å². The zero-order valence-electron chi connectivity index (χ0n) is 10.9. The molecule has 8 heteroatoms. The minimum Gasteiger partial charge on any atom is -0.398 e. The number of aryl methyl sites for hydroxylation is 1. The molecule has 0 bridgehead atoms. The van der Waals surface area contributed by atoms with Crippen molar-refractivity contribution in [3.8, 4) is 0 Å². The molecule has 0 aliphatic carbocycles. The zero-order chi connectivity index (χ0) is 14.9. The van der Waals surface area contributed by atoms with Crippen LogP contribution >= 0.6 is 11.6 Å². The Hall–Kier alpha value is -1.86. The highest BCUT2D eigenvalue weighted by molar-refractivity contribution is 7.92. The van der Waals surface area contributed by atoms with E-state index in [2.05, 4.69) is 14.7 Å². The van der Waals surface area contributed by atoms with E-state index in [1.807, 2.05) is 0 Å². The van der Waals surface area contributed by atoms with Crippen molar-refractivity contribution in [3.05, 3.63) is 40.7 Å². The lowest BCUT2D eigenvalue weighted by Gasteiger charge is -2.12. The van der Waals surface area contributed by atoms with Crippen molar-refractivity contribution in [2.24, 2.45) is 0 Å². The van der Waals surface area contributed by atoms with E-state index < -0.39 is 10.0 Å². The monoisotopic (exact) mass is 312 g/mol. The number of halogens is 1. The van der Waals surface area contributed by atoms with Crippen LogP contribution in [0.1, 0.15) is 11.1 Å². The highest BCUT2D eigenvalue weighted by Crippen LogP contribution is 2.24. The summed E-state index contributed by atoms with van der Waals surface area (Å²) in [6.45, 7) is 3.41. The Morgan fingerprint density at radius 1 is 1.30 bits per heavy atom. The van der Waals surface area contributed by atoms with Crippen LogP contribution in [-0.4, -0.2) is 18.4 Å². The number of sulfonamides is 1. The quantitative estimate of drug-likeness (QED) is 0.668. The van der Waals surface area contributed by atoms with Crippen LogP contribution in [0.15, 0.2) is 29.3 Å². The van der Waals surface area contributed by atoms with Gasteiger partial charge in [-0.25, -0.2) is 23.1 Å². The Morgan fingerprint density at radius 3 is 2.65 bits per heavy atom. The summed E-state index contributed by atoms with van der Waals surface area (Å²) in [4.78, 5) is 7.69. The second kappa shape index (κ2) is 5.26. The summed E-state index contributed by atoms with van der Waals surface area (Å²) < 4.78 is 27.0. The number of anilines is 2. The summed E-state index contributed by atoms with van der Waals surface area (Å²) in [6.07, 6.45) is 1.37. The van der Waals surface area contributed by atoms with Crippen molar-refractivity contribution in [1.82, 2.24) is 9.97 Å². The van der Waals surface area contributed by atoms with Gasteiger partial charge in [0.25, 0.3) is 10.0 Å². The standard InChI is InChI=1S/C12H13ClN4O2S/c1-7-5-9(14)8(2)10(6-7)20(18,19)17-12-15-4-3-11(13)16-12/h3-6H,14H2,1-2H3,(H,15,16,17). The van der Waals surface area contributed by atoms with Gasteiger partial charge in [0.15, 0.2) is 0 Å². The predicted molar refractivity (Wildman–Crippen MR) is 78.2 cm³/mol. The lowest BCUT2D eigenvalue weighted by atomic mass is 10.1. The van der Waals surface area contributed by atoms with E-state index in [1.165, 1.54) is 12.3 Å². The first kappa shape index (κ1) is 14.5. The average molecular weight is 313 g/mol. The number of nitrogens with zero attached hydrogens (tertiary/aromatic N) is 2. The summed E-state index contributed by atoms with van der Waals surface area (Å²) in [5.41, 5.74) is 7.43. The van der Waals surface area contributed by atoms with Crippen molar-refractivity contribution >= 4 is 33.3 Å². The van der Waals surface area contributed by atoms with Gasteiger partial charge in [-0.2, -0.15) is 0 Å². The largest absolute Gasteiger partial charge is 0.398 e. The van der Waals surface area contributed by atoms with Crippen LogP contribution in [0.3, 0.4) is 0 Å². The third kappa shape index (κ3) is 3.00. The Labute approximate surface area is 122 Å². The van der Waals surface area contributed by atoms with Crippen molar-refractivity contribution in [2.45, 2.75) is 18.7 Å². The van der Waals surface area contributed by atoms with Gasteiger partial charge < -0.3 is 5.73 Å². The summed E-state index contributed by atoms with van der Waals surface area (Å²) in [7, 11) is -3.82. The third-order valence-electron chi connectivity index (χ3n) is 2.68. The number of benzene rings is 1. The average Bonchev–Trinajstić information content (AvgIpc) is 2.33. The minimum absolute atomic E-state index is 0.0861. The first-order valence-corrected chi connectivity index (χ1v) is 7.54. The number of nitrogen functional groups attached to an aromatic ring is 1. The molecule has 0 radical (unpaired) electrons. The number of hydrogen-bond donors (Lipinski definition) is 2. The molecule has 0 aliphatic heterocycles. The molecule has 106 valence electrons. The van der Waals surface area contributed by atoms with E-state index in [0.29, 0.717) is 11.3 Å². The number of rotatable bonds is 3. The number of nitrogens with two attached hydrogens (primary N) is 1. The topological polar surface area (TPSA) is 98.0 Å². The van der Waals surface area contributed by atoms with Crippen LogP contribution in [-0.2, 0) is 10.0 Å². The first-order valence-electron chi connectivity index (χ1n) is 5.67. The van der Waals surface area contributed by atoms with Gasteiger partial charge >= 0.3 is 0 Å². The van der Waals surface area contributed by atoms with Gasteiger partial charge in [0.2, 0.25) is 5.95 Å². The maximum Gasteiger partial charge on any atom is 0.264 e. The summed E-state index contributed by atoms with van der Waals surface area (Å²) in [5.74, 6) is -0.0861. The number of aromatic nitrogens is 2. The summed E-state index contributed by atoms with van der Waals surface area (Å²) in [5, 5.41) is 0.151. The van der Waals surface area contributed by atoms with Gasteiger partial charge in [0.05, 0.1) is 4.90 Å². The predicted octanol–water partition coefficient (Wildman–Crippen LogP) is 2.13. The Bertz CT molecular complexity index is 762. The summed E-state index contributed by atoms with van der Waals surface area (Å²) >= 11 is 5.70. The molecule has 1 aromatic carbocycles. The van der Waals surface area contributed by atoms with Crippen molar-refractivity contribution in [2.75, 3.05) is 10.5 Å². The molecular formula is C12H13ClN4O2S. The van der Waals surface area contributed by atoms with Crippen LogP contribution in [0.2, 0.25) is 5.15 Å². The Kier molecular flexibility index (Phi) is 3.82. The maximum absolute atomic E-state index is 12.3. The minimum atomic E-state index is -3.82. The summed E-state index contributed by atoms with van der Waals surface area (Å²) in [6, 6.07) is 4.71. The van der Waals surface area contributed by atoms with E-state index in [0.717, 1.165) is 5.56 Å². The van der Waals surface area contributed by atoms with Gasteiger partial charge in [-0.15, -0.1) is 0 Å². The molecule has 6 nitrogen and oxygen atoms in total. The number of hydrogen-bond acceptors (Lipinski definition) is 5. The van der Waals surface area contributed by atoms with Crippen molar-refractivity contribution in [1.29, 1.82) is 0 Å². The second-order valence-corrected chi connectivity index (χ2v) is 6.32. The normalized spacial score (nSPS) is 11.3. The van der Waals surface area contributed by atoms with Crippen LogP contribution in [0, 0.1) is 13.8 Å². The molecule has 20 heavy (non-hydrogen) atoms. The molecule has 0 aliphatic rings. The highest BCUT2D eigenvalue weighted by Gasteiger charge is 2.20. The van der Waals surface area contributed by atoms with Crippen LogP contribution in [0.4, 0.5) is 11.6 Å². The lowest BCUT2D eigenvalue weighted by molar-refractivity contribution is 0.600. The van der Waals surface area contributed by atoms with Gasteiger partial charge in [-0.3, -0.25) is 0 Å². The zero-order valence-corrected chi connectivity index (χ0v) is 12.5. The molecule has 0 fully saturated rings. The fourth-order valence-corrected chi connectivity index (χ4v) is 3.14. The smallest absolute Gasteiger partial charge is 0.264 e. The Morgan fingerprint density at radius 2 is 2.00 bits per heavy atom. The molecule has 0 saturated carbocycles. The van der Waals surface area contributed by atoms with Gasteiger partial charge in [0, 0.05) is 11.9 Å². The molecule has 3 N–H and O–H groups in total. The molecule has 0 amide bonds. The molecular weight excluding hydrogens is 300 g/mol. The first-order chi connectivity index (χ1) is 9.29. The molecule has 2 rings (SSSR count). The van der Waals surface area contributed by atoms with Gasteiger partial charge in [-0.1, -0.05) is 11.6 Å². The fraction of sp³-hybridized carbons (Fsp3) is 0.167. The third-order valence-corrected chi connectivity index (χ3v) is 4.35. The van der Waals surface area contributed by atoms with Crippen molar-refractivity contribution < 1.29 is 8.42 Å². The lowest BCUT2D eigenvalue weighted by Crippen LogP contribution is -2.17. The molecule has 0 atom stereocenters. The maximum atomic E-state index is 12.3. The van der Waals surface area contributed by atoms with Gasteiger partial charge in [-0.05, 0) is 43.2 Å². The Balaban J connectivity index is 2.46. The van der Waals surface area contributed by atoms with E-state index >= 15 is 0 Å².